The van der Waals surface area contributed by atoms with Crippen LogP contribution in [0.1, 0.15) is 42.9 Å². The summed E-state index contributed by atoms with van der Waals surface area (Å²) in [6, 6.07) is 2.06. The van der Waals surface area contributed by atoms with Crippen LogP contribution in [0.15, 0.2) is 24.7 Å². The highest BCUT2D eigenvalue weighted by atomic mass is 16.2. The summed E-state index contributed by atoms with van der Waals surface area (Å²) < 4.78 is 1.66. The van der Waals surface area contributed by atoms with E-state index < -0.39 is 0 Å². The van der Waals surface area contributed by atoms with Gasteiger partial charge in [-0.2, -0.15) is 5.10 Å². The highest BCUT2D eigenvalue weighted by Crippen LogP contribution is 2.20. The van der Waals surface area contributed by atoms with E-state index in [1.807, 2.05) is 24.2 Å². The molecule has 0 bridgehead atoms. The van der Waals surface area contributed by atoms with Gasteiger partial charge in [-0.3, -0.25) is 9.48 Å². The van der Waals surface area contributed by atoms with Gasteiger partial charge in [-0.1, -0.05) is 13.8 Å². The first-order valence-electron chi connectivity index (χ1n) is 8.33. The fourth-order valence-corrected chi connectivity index (χ4v) is 2.98. The topological polar surface area (TPSA) is 67.2 Å². The van der Waals surface area contributed by atoms with E-state index in [9.17, 15) is 4.79 Å². The molecule has 3 rings (SSSR count). The molecule has 1 amide bonds. The van der Waals surface area contributed by atoms with E-state index in [1.165, 1.54) is 0 Å². The van der Waals surface area contributed by atoms with E-state index in [0.29, 0.717) is 18.0 Å². The summed E-state index contributed by atoms with van der Waals surface area (Å²) in [5.74, 6) is 2.14. The van der Waals surface area contributed by atoms with E-state index in [4.69, 9.17) is 0 Å². The molecule has 1 atom stereocenters. The van der Waals surface area contributed by atoms with Crippen LogP contribution in [0.2, 0.25) is 0 Å². The van der Waals surface area contributed by atoms with E-state index in [-0.39, 0.29) is 11.9 Å². The van der Waals surface area contributed by atoms with Gasteiger partial charge in [-0.05, 0) is 13.0 Å². The molecule has 7 nitrogen and oxygen atoms in total. The molecule has 2 aromatic heterocycles. The van der Waals surface area contributed by atoms with Gasteiger partial charge >= 0.3 is 0 Å². The van der Waals surface area contributed by atoms with Crippen molar-refractivity contribution in [3.05, 3.63) is 36.0 Å². The van der Waals surface area contributed by atoms with E-state index in [0.717, 1.165) is 24.7 Å². The molecule has 128 valence electrons. The zero-order chi connectivity index (χ0) is 17.3. The lowest BCUT2D eigenvalue weighted by Gasteiger charge is -2.40. The third-order valence-corrected chi connectivity index (χ3v) is 4.34. The standard InChI is InChI=1S/C17H24N6O/c1-12(2)16-18-6-5-15(20-16)22-7-8-23(13(3)10-22)17(24)14-9-19-21(4)11-14/h5-6,9,11-13H,7-8,10H2,1-4H3. The predicted molar refractivity (Wildman–Crippen MR) is 92.0 cm³/mol. The fraction of sp³-hybridized carbons (Fsp3) is 0.529. The Labute approximate surface area is 142 Å². The Morgan fingerprint density at radius 2 is 2.12 bits per heavy atom. The first-order valence-corrected chi connectivity index (χ1v) is 8.33. The molecule has 0 saturated carbocycles. The molecule has 24 heavy (non-hydrogen) atoms. The number of carbonyl (C=O) groups is 1. The summed E-state index contributed by atoms with van der Waals surface area (Å²) >= 11 is 0. The van der Waals surface area contributed by atoms with Crippen molar-refractivity contribution in [2.45, 2.75) is 32.7 Å². The minimum absolute atomic E-state index is 0.0424. The van der Waals surface area contributed by atoms with Crippen molar-refractivity contribution in [2.75, 3.05) is 24.5 Å². The van der Waals surface area contributed by atoms with Crippen molar-refractivity contribution in [3.63, 3.8) is 0 Å². The number of aryl methyl sites for hydroxylation is 1. The van der Waals surface area contributed by atoms with Crippen molar-refractivity contribution in [1.82, 2.24) is 24.6 Å². The van der Waals surface area contributed by atoms with Gasteiger partial charge in [0.25, 0.3) is 5.91 Å². The number of hydrogen-bond donors (Lipinski definition) is 0. The van der Waals surface area contributed by atoms with Crippen LogP contribution in [0.25, 0.3) is 0 Å². The van der Waals surface area contributed by atoms with Gasteiger partial charge in [-0.15, -0.1) is 0 Å². The Hall–Kier alpha value is -2.44. The molecule has 0 aliphatic carbocycles. The van der Waals surface area contributed by atoms with E-state index >= 15 is 0 Å². The maximum absolute atomic E-state index is 12.6. The lowest BCUT2D eigenvalue weighted by atomic mass is 10.1. The summed E-state index contributed by atoms with van der Waals surface area (Å²) in [4.78, 5) is 25.8. The Bertz CT molecular complexity index is 725. The number of nitrogens with zero attached hydrogens (tertiary/aromatic N) is 6. The van der Waals surface area contributed by atoms with Gasteiger partial charge in [0.2, 0.25) is 0 Å². The molecule has 0 spiro atoms. The zero-order valence-electron chi connectivity index (χ0n) is 14.7. The SMILES string of the molecule is CC(C)c1nccc(N2CCN(C(=O)c3cnn(C)c3)C(C)C2)n1. The van der Waals surface area contributed by atoms with Gasteiger partial charge in [0.15, 0.2) is 0 Å². The highest BCUT2D eigenvalue weighted by Gasteiger charge is 2.29. The molecule has 1 aliphatic rings. The first kappa shape index (κ1) is 16.4. The number of amides is 1. The second-order valence-corrected chi connectivity index (χ2v) is 6.62. The zero-order valence-corrected chi connectivity index (χ0v) is 14.7. The first-order chi connectivity index (χ1) is 11.5. The van der Waals surface area contributed by atoms with Crippen LogP contribution < -0.4 is 4.90 Å². The minimum atomic E-state index is 0.0424. The number of piperazine rings is 1. The summed E-state index contributed by atoms with van der Waals surface area (Å²) in [5, 5.41) is 4.09. The molecule has 0 radical (unpaired) electrons. The third-order valence-electron chi connectivity index (χ3n) is 4.34. The third kappa shape index (κ3) is 3.25. The molecule has 0 N–H and O–H groups in total. The molecule has 1 saturated heterocycles. The second-order valence-electron chi connectivity index (χ2n) is 6.62. The van der Waals surface area contributed by atoms with Crippen LogP contribution in [-0.4, -0.2) is 56.2 Å². The molecule has 1 fully saturated rings. The Morgan fingerprint density at radius 3 is 2.75 bits per heavy atom. The smallest absolute Gasteiger partial charge is 0.257 e. The summed E-state index contributed by atoms with van der Waals surface area (Å²) in [6.07, 6.45) is 5.21. The van der Waals surface area contributed by atoms with Crippen molar-refractivity contribution in [3.8, 4) is 0 Å². The number of anilines is 1. The molecule has 2 aromatic rings. The van der Waals surface area contributed by atoms with Crippen molar-refractivity contribution in [2.24, 2.45) is 7.05 Å². The van der Waals surface area contributed by atoms with Crippen LogP contribution in [0.4, 0.5) is 5.82 Å². The summed E-state index contributed by atoms with van der Waals surface area (Å²) in [7, 11) is 1.82. The van der Waals surface area contributed by atoms with Gasteiger partial charge in [0, 0.05) is 51.0 Å². The number of rotatable bonds is 3. The van der Waals surface area contributed by atoms with Gasteiger partial charge in [0.05, 0.1) is 11.8 Å². The number of carbonyl (C=O) groups excluding carboxylic acids is 1. The Balaban J connectivity index is 1.71. The lowest BCUT2D eigenvalue weighted by Crippen LogP contribution is -2.54. The van der Waals surface area contributed by atoms with Gasteiger partial charge < -0.3 is 9.80 Å². The minimum Gasteiger partial charge on any atom is -0.353 e. The fourth-order valence-electron chi connectivity index (χ4n) is 2.98. The average molecular weight is 328 g/mol. The summed E-state index contributed by atoms with van der Waals surface area (Å²) in [5.41, 5.74) is 0.641. The van der Waals surface area contributed by atoms with Crippen molar-refractivity contribution in [1.29, 1.82) is 0 Å². The molecule has 1 unspecified atom stereocenters. The van der Waals surface area contributed by atoms with Crippen LogP contribution >= 0.6 is 0 Å². The highest BCUT2D eigenvalue weighted by molar-refractivity contribution is 5.94. The monoisotopic (exact) mass is 328 g/mol. The normalized spacial score (nSPS) is 18.3. The second kappa shape index (κ2) is 6.59. The van der Waals surface area contributed by atoms with Gasteiger partial charge in [-0.25, -0.2) is 9.97 Å². The molecular formula is C17H24N6O. The number of hydrogen-bond acceptors (Lipinski definition) is 5. The van der Waals surface area contributed by atoms with E-state index in [1.54, 1.807) is 17.1 Å². The lowest BCUT2D eigenvalue weighted by molar-refractivity contribution is 0.0673. The van der Waals surface area contributed by atoms with Crippen LogP contribution in [0.3, 0.4) is 0 Å². The van der Waals surface area contributed by atoms with Crippen molar-refractivity contribution >= 4 is 11.7 Å². The Morgan fingerprint density at radius 1 is 1.33 bits per heavy atom. The van der Waals surface area contributed by atoms with Crippen LogP contribution in [-0.2, 0) is 7.05 Å². The quantitative estimate of drug-likeness (QED) is 0.858. The van der Waals surface area contributed by atoms with Gasteiger partial charge in [0.1, 0.15) is 11.6 Å². The molecule has 1 aliphatic heterocycles. The Kier molecular flexibility index (Phi) is 4.51. The van der Waals surface area contributed by atoms with Crippen LogP contribution in [0, 0.1) is 0 Å². The largest absolute Gasteiger partial charge is 0.353 e. The summed E-state index contributed by atoms with van der Waals surface area (Å²) in [6.45, 7) is 8.46. The molecule has 7 heteroatoms. The van der Waals surface area contributed by atoms with E-state index in [2.05, 4.69) is 40.7 Å². The molecule has 0 aromatic carbocycles. The average Bonchev–Trinajstić information content (AvgIpc) is 3.01. The maximum atomic E-state index is 12.6. The number of aromatic nitrogens is 4. The molecule has 3 heterocycles. The van der Waals surface area contributed by atoms with Crippen molar-refractivity contribution < 1.29 is 4.79 Å². The predicted octanol–water partition coefficient (Wildman–Crippen LogP) is 1.68. The maximum Gasteiger partial charge on any atom is 0.257 e. The molecular weight excluding hydrogens is 304 g/mol. The van der Waals surface area contributed by atoms with Crippen LogP contribution in [0.5, 0.6) is 0 Å².